The van der Waals surface area contributed by atoms with Crippen molar-refractivity contribution in [2.45, 2.75) is 39.7 Å². The smallest absolute Gasteiger partial charge is 0.191 e. The van der Waals surface area contributed by atoms with Gasteiger partial charge in [-0.2, -0.15) is 4.57 Å². The first kappa shape index (κ1) is 11.1. The number of benzene rings is 1. The highest BCUT2D eigenvalue weighted by Gasteiger charge is 2.20. The Labute approximate surface area is 97.7 Å². The van der Waals surface area contributed by atoms with Crippen molar-refractivity contribution in [3.63, 3.8) is 0 Å². The maximum Gasteiger partial charge on any atom is 0.191 e. The summed E-state index contributed by atoms with van der Waals surface area (Å²) >= 11 is 0. The third-order valence-corrected chi connectivity index (χ3v) is 3.03. The second kappa shape index (κ2) is 4.25. The van der Waals surface area contributed by atoms with E-state index in [1.54, 1.807) is 0 Å². The van der Waals surface area contributed by atoms with Crippen LogP contribution >= 0.6 is 0 Å². The molecule has 0 atom stereocenters. The van der Waals surface area contributed by atoms with Crippen molar-refractivity contribution in [1.82, 2.24) is 0 Å². The van der Waals surface area contributed by atoms with Crippen LogP contribution in [0.25, 0.3) is 10.8 Å². The standard InChI is InChI=1S/C15H20N/c1-11(2)15-14-8-6-5-7-13(14)9-10-16(15)12(3)4/h5-12H,1-4H3/q+1. The molecule has 0 aliphatic rings. The van der Waals surface area contributed by atoms with Gasteiger partial charge in [-0.05, 0) is 25.3 Å². The molecule has 1 nitrogen and oxygen atoms in total. The molecule has 1 aromatic carbocycles. The van der Waals surface area contributed by atoms with Gasteiger partial charge in [-0.15, -0.1) is 0 Å². The van der Waals surface area contributed by atoms with Gasteiger partial charge in [0.05, 0.1) is 0 Å². The van der Waals surface area contributed by atoms with E-state index in [4.69, 9.17) is 0 Å². The molecule has 0 bridgehead atoms. The maximum atomic E-state index is 2.38. The van der Waals surface area contributed by atoms with Crippen molar-refractivity contribution in [3.8, 4) is 0 Å². The van der Waals surface area contributed by atoms with Gasteiger partial charge >= 0.3 is 0 Å². The Morgan fingerprint density at radius 3 is 2.25 bits per heavy atom. The second-order valence-corrected chi connectivity index (χ2v) is 4.94. The summed E-state index contributed by atoms with van der Waals surface area (Å²) in [7, 11) is 0. The minimum atomic E-state index is 0.516. The van der Waals surface area contributed by atoms with Crippen LogP contribution in [-0.4, -0.2) is 0 Å². The third kappa shape index (κ3) is 1.82. The van der Waals surface area contributed by atoms with Crippen LogP contribution < -0.4 is 4.57 Å². The van der Waals surface area contributed by atoms with Gasteiger partial charge in [0, 0.05) is 17.4 Å². The van der Waals surface area contributed by atoms with E-state index < -0.39 is 0 Å². The number of fused-ring (bicyclic) bond motifs is 1. The van der Waals surface area contributed by atoms with Gasteiger partial charge in [-0.3, -0.25) is 0 Å². The summed E-state index contributed by atoms with van der Waals surface area (Å²) in [4.78, 5) is 0. The minimum Gasteiger partial charge on any atom is -0.200 e. The molecule has 0 amide bonds. The zero-order valence-electron chi connectivity index (χ0n) is 10.6. The Morgan fingerprint density at radius 1 is 0.938 bits per heavy atom. The highest BCUT2D eigenvalue weighted by Crippen LogP contribution is 2.22. The zero-order valence-corrected chi connectivity index (χ0v) is 10.6. The van der Waals surface area contributed by atoms with Gasteiger partial charge in [-0.25, -0.2) is 0 Å². The summed E-state index contributed by atoms with van der Waals surface area (Å²) in [5, 5.41) is 2.72. The first-order chi connectivity index (χ1) is 7.61. The van der Waals surface area contributed by atoms with Crippen molar-refractivity contribution < 1.29 is 4.57 Å². The topological polar surface area (TPSA) is 3.88 Å². The lowest BCUT2D eigenvalue weighted by atomic mass is 10.0. The van der Waals surface area contributed by atoms with Crippen LogP contribution in [0.1, 0.15) is 45.3 Å². The Bertz CT molecular complexity index is 498. The third-order valence-electron chi connectivity index (χ3n) is 3.03. The number of hydrogen-bond donors (Lipinski definition) is 0. The highest BCUT2D eigenvalue weighted by atomic mass is 15.0. The Morgan fingerprint density at radius 2 is 1.62 bits per heavy atom. The molecule has 0 N–H and O–H groups in total. The van der Waals surface area contributed by atoms with E-state index in [9.17, 15) is 0 Å². The van der Waals surface area contributed by atoms with Crippen LogP contribution in [0.2, 0.25) is 0 Å². The fourth-order valence-electron chi connectivity index (χ4n) is 2.32. The van der Waals surface area contributed by atoms with E-state index in [0.717, 1.165) is 0 Å². The first-order valence-corrected chi connectivity index (χ1v) is 6.04. The summed E-state index contributed by atoms with van der Waals surface area (Å²) in [5.41, 5.74) is 1.44. The fourth-order valence-corrected chi connectivity index (χ4v) is 2.32. The molecule has 16 heavy (non-hydrogen) atoms. The molecule has 0 unspecified atom stereocenters. The summed E-state index contributed by atoms with van der Waals surface area (Å²) in [6.07, 6.45) is 2.21. The molecule has 1 aromatic heterocycles. The molecule has 2 aromatic rings. The summed E-state index contributed by atoms with van der Waals surface area (Å²) in [5.74, 6) is 0.550. The number of nitrogens with zero attached hydrogens (tertiary/aromatic N) is 1. The van der Waals surface area contributed by atoms with Crippen LogP contribution in [0.3, 0.4) is 0 Å². The Kier molecular flexibility index (Phi) is 2.95. The normalized spacial score (nSPS) is 11.6. The molecule has 1 heterocycles. The van der Waals surface area contributed by atoms with Crippen LogP contribution in [0.4, 0.5) is 0 Å². The molecule has 0 saturated carbocycles. The van der Waals surface area contributed by atoms with E-state index in [1.165, 1.54) is 16.5 Å². The van der Waals surface area contributed by atoms with E-state index in [2.05, 4.69) is 68.8 Å². The molecular weight excluding hydrogens is 194 g/mol. The van der Waals surface area contributed by atoms with Crippen LogP contribution in [0.15, 0.2) is 36.5 Å². The lowest BCUT2D eigenvalue weighted by Gasteiger charge is -2.12. The SMILES string of the molecule is CC(C)c1c2ccccc2cc[n+]1C(C)C. The molecule has 0 spiro atoms. The lowest BCUT2D eigenvalue weighted by molar-refractivity contribution is -0.722. The molecular formula is C15H20N+. The molecule has 1 heteroatoms. The van der Waals surface area contributed by atoms with Gasteiger partial charge in [-0.1, -0.05) is 32.0 Å². The average Bonchev–Trinajstić information content (AvgIpc) is 2.27. The van der Waals surface area contributed by atoms with Crippen molar-refractivity contribution in [2.75, 3.05) is 0 Å². The Balaban J connectivity index is 2.79. The molecule has 0 aliphatic carbocycles. The number of aromatic nitrogens is 1. The second-order valence-electron chi connectivity index (χ2n) is 4.94. The summed E-state index contributed by atoms with van der Waals surface area (Å²) in [6, 6.07) is 11.4. The quantitative estimate of drug-likeness (QED) is 0.669. The molecule has 84 valence electrons. The van der Waals surface area contributed by atoms with Gasteiger partial charge in [0.15, 0.2) is 17.9 Å². The number of pyridine rings is 1. The van der Waals surface area contributed by atoms with Crippen LogP contribution in [0, 0.1) is 0 Å². The number of hydrogen-bond acceptors (Lipinski definition) is 0. The zero-order chi connectivity index (χ0) is 11.7. The molecule has 0 fully saturated rings. The molecule has 0 saturated heterocycles. The molecule has 0 aliphatic heterocycles. The minimum absolute atomic E-state index is 0.516. The van der Waals surface area contributed by atoms with Gasteiger partial charge in [0.25, 0.3) is 0 Å². The van der Waals surface area contributed by atoms with Gasteiger partial charge in [0.2, 0.25) is 0 Å². The van der Waals surface area contributed by atoms with Crippen LogP contribution in [-0.2, 0) is 0 Å². The Hall–Kier alpha value is -1.37. The van der Waals surface area contributed by atoms with Crippen LogP contribution in [0.5, 0.6) is 0 Å². The molecule has 2 rings (SSSR count). The predicted octanol–water partition coefficient (Wildman–Crippen LogP) is 3.83. The lowest BCUT2D eigenvalue weighted by Crippen LogP contribution is -2.40. The highest BCUT2D eigenvalue weighted by molar-refractivity contribution is 5.83. The van der Waals surface area contributed by atoms with Crippen molar-refractivity contribution in [1.29, 1.82) is 0 Å². The van der Waals surface area contributed by atoms with Crippen molar-refractivity contribution in [3.05, 3.63) is 42.2 Å². The monoisotopic (exact) mass is 214 g/mol. The van der Waals surface area contributed by atoms with E-state index in [1.807, 2.05) is 0 Å². The largest absolute Gasteiger partial charge is 0.200 e. The van der Waals surface area contributed by atoms with E-state index in [0.29, 0.717) is 12.0 Å². The maximum absolute atomic E-state index is 2.38. The van der Waals surface area contributed by atoms with Gasteiger partial charge < -0.3 is 0 Å². The van der Waals surface area contributed by atoms with Gasteiger partial charge in [0.1, 0.15) is 0 Å². The van der Waals surface area contributed by atoms with E-state index in [-0.39, 0.29) is 0 Å². The fraction of sp³-hybridized carbons (Fsp3) is 0.400. The summed E-state index contributed by atoms with van der Waals surface area (Å²) in [6.45, 7) is 9.00. The predicted molar refractivity (Wildman–Crippen MR) is 68.6 cm³/mol. The van der Waals surface area contributed by atoms with Crippen molar-refractivity contribution >= 4 is 10.8 Å². The van der Waals surface area contributed by atoms with Crippen molar-refractivity contribution in [2.24, 2.45) is 0 Å². The number of rotatable bonds is 2. The summed E-state index contributed by atoms with van der Waals surface area (Å²) < 4.78 is 2.38. The first-order valence-electron chi connectivity index (χ1n) is 6.04. The average molecular weight is 214 g/mol. The van der Waals surface area contributed by atoms with E-state index >= 15 is 0 Å². The molecule has 0 radical (unpaired) electrons.